The van der Waals surface area contributed by atoms with Crippen LogP contribution in [0.4, 0.5) is 60.5 Å². The third-order valence-corrected chi connectivity index (χ3v) is 29.5. The summed E-state index contributed by atoms with van der Waals surface area (Å²) in [4.78, 5) is 87.9. The van der Waals surface area contributed by atoms with Gasteiger partial charge in [-0.05, 0) is 150 Å². The van der Waals surface area contributed by atoms with Crippen LogP contribution in [0.1, 0.15) is 275 Å². The first-order valence-corrected chi connectivity index (χ1v) is 53.7. The van der Waals surface area contributed by atoms with Gasteiger partial charge in [-0.25, -0.2) is 95.0 Å². The van der Waals surface area contributed by atoms with Crippen molar-refractivity contribution in [3.63, 3.8) is 0 Å². The number of piperidine rings is 3. The SMILES string of the molecule is CC(C)c1cnc(N2CCC(O)CC2)nc1.CC(C)c1cnc(N2CCCC(O)C2)nc1.CC(C)c1cnc(N2CCCCC2)nc1.CC(C)c1cnc(N2CCOCC2)cc1C#N.CC(C)c1cnc(N2CCOCC2)cc1C(N)=O.CC(C)c1cnc(N2CCS(=O)(=O)CC2)nc1.CC(C)c1cnc(N2CCS(=O)(=O)CC2)nc1C(F)(F)F.Cc1nc(N2CCS(=O)(=O)CC2)ncc1C(C)C. The normalized spacial score (nSPS) is 18.3. The molecule has 0 radical (unpaired) electrons. The fraction of sp³-hybridized carbons (Fsp3) is 0.629. The van der Waals surface area contributed by atoms with Gasteiger partial charge in [-0.2, -0.15) is 18.4 Å². The highest BCUT2D eigenvalue weighted by atomic mass is 32.2. The number of nitrogens with zero attached hydrogens (tertiary/aromatic N) is 23. The lowest BCUT2D eigenvalue weighted by atomic mass is 9.99. The number of aliphatic hydroxyl groups is 2. The van der Waals surface area contributed by atoms with Gasteiger partial charge in [0.1, 0.15) is 11.6 Å². The van der Waals surface area contributed by atoms with E-state index in [-0.39, 0.29) is 83.2 Å². The lowest BCUT2D eigenvalue weighted by Crippen LogP contribution is -2.41. The van der Waals surface area contributed by atoms with E-state index in [0.717, 1.165) is 166 Å². The average molecular weight is 1980 g/mol. The first-order valence-electron chi connectivity index (χ1n) is 48.3. The summed E-state index contributed by atoms with van der Waals surface area (Å²) in [5.74, 6) is 8.00. The number of aryl methyl sites for hydroxylation is 1. The van der Waals surface area contributed by atoms with Gasteiger partial charge in [-0.1, -0.05) is 111 Å². The lowest BCUT2D eigenvalue weighted by molar-refractivity contribution is -0.142. The van der Waals surface area contributed by atoms with Crippen molar-refractivity contribution in [2.75, 3.05) is 205 Å². The van der Waals surface area contributed by atoms with Gasteiger partial charge in [-0.3, -0.25) is 4.79 Å². The highest BCUT2D eigenvalue weighted by Gasteiger charge is 2.38. The first kappa shape index (κ1) is 111. The topological polar surface area (TPSA) is 435 Å². The van der Waals surface area contributed by atoms with Gasteiger partial charge in [0.15, 0.2) is 35.2 Å². The number of ether oxygens (including phenoxy) is 2. The fourth-order valence-electron chi connectivity index (χ4n) is 15.6. The molecular weight excluding hydrogens is 1830 g/mol. The molecule has 0 aliphatic carbocycles. The molecular formula is C97H145F3N24O11S3. The van der Waals surface area contributed by atoms with Gasteiger partial charge in [-0.15, -0.1) is 0 Å². The molecule has 4 N–H and O–H groups in total. The number of aliphatic hydroxyl groups excluding tert-OH is 2. The van der Waals surface area contributed by atoms with E-state index < -0.39 is 47.3 Å². The molecule has 138 heavy (non-hydrogen) atoms. The zero-order valence-electron chi connectivity index (χ0n) is 83.5. The van der Waals surface area contributed by atoms with E-state index in [4.69, 9.17) is 20.5 Å². The van der Waals surface area contributed by atoms with Crippen molar-refractivity contribution in [3.8, 4) is 6.07 Å². The lowest BCUT2D eigenvalue weighted by Gasteiger charge is -2.30. The highest BCUT2D eigenvalue weighted by Crippen LogP contribution is 2.36. The summed E-state index contributed by atoms with van der Waals surface area (Å²) in [7, 11) is -8.80. The number of pyridine rings is 2. The molecule has 16 rings (SSSR count). The Bertz CT molecular complexity index is 5470. The monoisotopic (exact) mass is 1980 g/mol. The molecule has 8 aliphatic heterocycles. The van der Waals surface area contributed by atoms with E-state index in [0.29, 0.717) is 98.9 Å². The number of anilines is 8. The maximum Gasteiger partial charge on any atom is 0.433 e. The highest BCUT2D eigenvalue weighted by molar-refractivity contribution is 7.92. The first-order chi connectivity index (χ1) is 65.4. The Kier molecular flexibility index (Phi) is 42.5. The van der Waals surface area contributed by atoms with Crippen molar-refractivity contribution in [3.05, 3.63) is 154 Å². The number of alkyl halides is 3. The molecule has 1 atom stereocenters. The molecule has 758 valence electrons. The summed E-state index contributed by atoms with van der Waals surface area (Å²) in [5.41, 5.74) is 14.5. The number of rotatable bonds is 17. The molecule has 1 amide bonds. The number of hydrogen-bond acceptors (Lipinski definition) is 34. The van der Waals surface area contributed by atoms with Crippen LogP contribution >= 0.6 is 0 Å². The van der Waals surface area contributed by atoms with Crippen LogP contribution in [0.5, 0.6) is 0 Å². The molecule has 8 aromatic heterocycles. The molecule has 1 unspecified atom stereocenters. The van der Waals surface area contributed by atoms with Gasteiger partial charge in [0.25, 0.3) is 0 Å². The number of nitrogens with two attached hydrogens (primary N) is 1. The minimum atomic E-state index is -4.56. The number of aromatic nitrogens is 14. The van der Waals surface area contributed by atoms with Crippen molar-refractivity contribution in [1.29, 1.82) is 5.26 Å². The summed E-state index contributed by atoms with van der Waals surface area (Å²) in [6.07, 6.45) is 24.2. The Labute approximate surface area is 814 Å². The standard InChI is InChI=1S/C13H19N3O2.C13H17N3O.C12H16F3N3O2S.C12H19N3O2S.2C12H19N3O.C12H19N3.C11H17N3O2S/c1-9(2)11-8-15-12(7-10(11)13(14)17)16-3-5-18-6-4-16;1-10(2)12-9-15-13(7-11(12)8-14)16-3-5-17-6-4-16;1-8(2)9-7-16-11(17-10(9)12(13,14)15)18-3-5-21(19,20)6-4-18;1-9(2)11-8-13-12(14-10(11)3)15-4-6-18(16,17)7-5-15;1-9(2)10-7-13-12(14-8-10)15-5-3-11(16)4-6-15;1-9(2)10-6-13-12(14-7-10)15-5-3-4-11(16)8-15;1-10(2)11-8-13-12(14-9-11)15-6-4-3-5-7-15;1-9(2)10-7-12-11(13-8-10)14-3-5-17(15,16)6-4-14/h7-9H,3-6H2,1-2H3,(H2,14,17);7,9-10H,3-6H2,1-2H3;7-8H,3-6H2,1-2H3;8-9H,4-7H2,1-3H3;7-9,11,16H,3-6H2,1-2H3;6-7,9,11,16H,3-5,8H2,1-2H3;8-10H,3-7H2,1-2H3;7-9H,3-6H2,1-2H3. The number of carbonyl (C=O) groups is 1. The quantitative estimate of drug-likeness (QED) is 0.0762. The molecule has 8 fully saturated rings. The maximum atomic E-state index is 13.1. The van der Waals surface area contributed by atoms with Crippen LogP contribution in [0.15, 0.2) is 86.5 Å². The van der Waals surface area contributed by atoms with Crippen molar-refractivity contribution in [1.82, 2.24) is 69.8 Å². The molecule has 0 bridgehead atoms. The predicted octanol–water partition coefficient (Wildman–Crippen LogP) is 12.6. The predicted molar refractivity (Wildman–Crippen MR) is 536 cm³/mol. The van der Waals surface area contributed by atoms with Crippen LogP contribution in [-0.4, -0.2) is 289 Å². The summed E-state index contributed by atoms with van der Waals surface area (Å²) in [6, 6.07) is 5.94. The van der Waals surface area contributed by atoms with E-state index in [1.807, 2.05) is 98.6 Å². The summed E-state index contributed by atoms with van der Waals surface area (Å²) in [6.45, 7) is 48.5. The Morgan fingerprint density at radius 2 is 0.696 bits per heavy atom. The molecule has 35 nitrogen and oxygen atoms in total. The number of primary amides is 1. The molecule has 8 saturated heterocycles. The second-order valence-electron chi connectivity index (χ2n) is 38.0. The summed E-state index contributed by atoms with van der Waals surface area (Å²) in [5, 5.41) is 28.2. The van der Waals surface area contributed by atoms with Crippen LogP contribution in [0.2, 0.25) is 0 Å². The molecule has 16 heterocycles. The van der Waals surface area contributed by atoms with E-state index in [1.54, 1.807) is 26.1 Å². The Balaban J connectivity index is 0.000000177. The van der Waals surface area contributed by atoms with Crippen molar-refractivity contribution in [2.45, 2.75) is 228 Å². The molecule has 0 saturated carbocycles. The Morgan fingerprint density at radius 3 is 1.04 bits per heavy atom. The fourth-order valence-corrected chi connectivity index (χ4v) is 19.2. The van der Waals surface area contributed by atoms with E-state index in [2.05, 4.69) is 183 Å². The number of sulfone groups is 3. The Hall–Kier alpha value is -10.4. The second-order valence-corrected chi connectivity index (χ2v) is 45.0. The largest absolute Gasteiger partial charge is 0.433 e. The average Bonchev–Trinajstić information content (AvgIpc) is 0.790. The molecule has 0 spiro atoms. The van der Waals surface area contributed by atoms with E-state index in [9.17, 15) is 53.4 Å². The van der Waals surface area contributed by atoms with Crippen LogP contribution < -0.4 is 44.9 Å². The number of halogens is 3. The van der Waals surface area contributed by atoms with Crippen LogP contribution in [-0.2, 0) is 45.2 Å². The minimum absolute atomic E-state index is 0.0379. The van der Waals surface area contributed by atoms with Gasteiger partial charge < -0.3 is 64.6 Å². The number of nitriles is 1. The minimum Gasteiger partial charge on any atom is -0.393 e. The van der Waals surface area contributed by atoms with Crippen LogP contribution in [0.25, 0.3) is 0 Å². The molecule has 41 heteroatoms. The summed E-state index contributed by atoms with van der Waals surface area (Å²) < 4.78 is 118. The third-order valence-electron chi connectivity index (χ3n) is 24.7. The van der Waals surface area contributed by atoms with E-state index >= 15 is 0 Å². The zero-order chi connectivity index (χ0) is 101. The molecule has 8 aliphatic rings. The van der Waals surface area contributed by atoms with Gasteiger partial charge in [0.2, 0.25) is 41.6 Å². The zero-order valence-corrected chi connectivity index (χ0v) is 85.9. The smallest absolute Gasteiger partial charge is 0.393 e. The van der Waals surface area contributed by atoms with Crippen molar-refractivity contribution >= 4 is 82.7 Å². The molecule has 0 aromatic carbocycles. The van der Waals surface area contributed by atoms with Gasteiger partial charge in [0.05, 0.1) is 84.8 Å². The van der Waals surface area contributed by atoms with Gasteiger partial charge >= 0.3 is 6.18 Å². The number of β-amino-alcohol motifs (C(OH)–C–C–N with tert-alkyl or cyclic N) is 1. The maximum absolute atomic E-state index is 13.1. The number of hydrogen-bond donors (Lipinski definition) is 3. The van der Waals surface area contributed by atoms with E-state index in [1.165, 1.54) is 41.5 Å². The number of amides is 1. The summed E-state index contributed by atoms with van der Waals surface area (Å²) >= 11 is 0. The number of carbonyl (C=O) groups excluding carboxylic acids is 1. The van der Waals surface area contributed by atoms with Crippen LogP contribution in [0, 0.1) is 18.3 Å². The third kappa shape index (κ3) is 34.6. The Morgan fingerprint density at radius 1 is 0.377 bits per heavy atom. The van der Waals surface area contributed by atoms with Crippen LogP contribution in [0.3, 0.4) is 0 Å². The van der Waals surface area contributed by atoms with Gasteiger partial charge in [0, 0.05) is 196 Å². The van der Waals surface area contributed by atoms with Crippen molar-refractivity contribution < 1.29 is 62.9 Å². The second kappa shape index (κ2) is 52.8. The molecule has 8 aromatic rings. The van der Waals surface area contributed by atoms with Crippen molar-refractivity contribution in [2.24, 2.45) is 5.73 Å². The number of morpholine rings is 2.